The van der Waals surface area contributed by atoms with Gasteiger partial charge in [-0.15, -0.1) is 0 Å². The first-order valence-corrected chi connectivity index (χ1v) is 5.98. The van der Waals surface area contributed by atoms with E-state index in [2.05, 4.69) is 5.32 Å². The predicted octanol–water partition coefficient (Wildman–Crippen LogP) is 0.407. The molecule has 0 radical (unpaired) electrons. The van der Waals surface area contributed by atoms with Crippen molar-refractivity contribution in [2.45, 2.75) is 19.8 Å². The molecule has 0 aromatic carbocycles. The normalized spacial score (nSPS) is 35.3. The zero-order valence-corrected chi connectivity index (χ0v) is 9.70. The fourth-order valence-electron chi connectivity index (χ4n) is 2.67. The van der Waals surface area contributed by atoms with E-state index in [1.807, 2.05) is 0 Å². The number of rotatable bonds is 2. The zero-order chi connectivity index (χ0) is 11.5. The van der Waals surface area contributed by atoms with E-state index in [1.165, 1.54) is 0 Å². The van der Waals surface area contributed by atoms with Crippen molar-refractivity contribution in [2.24, 2.45) is 17.8 Å². The Kier molecular flexibility index (Phi) is 3.71. The van der Waals surface area contributed by atoms with Crippen LogP contribution in [0.4, 0.5) is 0 Å². The molecule has 0 aromatic heterocycles. The van der Waals surface area contributed by atoms with E-state index < -0.39 is 0 Å². The van der Waals surface area contributed by atoms with Crippen LogP contribution in [0.2, 0.25) is 0 Å². The van der Waals surface area contributed by atoms with Gasteiger partial charge in [-0.3, -0.25) is 4.79 Å². The Balaban J connectivity index is 2.12. The molecule has 0 saturated carbocycles. The highest BCUT2D eigenvalue weighted by molar-refractivity contribution is 5.88. The lowest BCUT2D eigenvalue weighted by molar-refractivity contribution is -0.135. The van der Waals surface area contributed by atoms with Crippen LogP contribution in [0, 0.1) is 17.8 Å². The van der Waals surface area contributed by atoms with Gasteiger partial charge in [0.05, 0.1) is 19.1 Å². The molecular weight excluding hydrogens is 206 g/mol. The number of carbonyl (C=O) groups is 2. The molecule has 3 saturated heterocycles. The summed E-state index contributed by atoms with van der Waals surface area (Å²) in [5.74, 6) is 0.566. The summed E-state index contributed by atoms with van der Waals surface area (Å²) in [5.41, 5.74) is 0. The molecular formula is C12H19NO3. The Hall–Kier alpha value is -0.740. The van der Waals surface area contributed by atoms with E-state index in [1.54, 1.807) is 6.92 Å². The number of hydrogen-bond donors (Lipinski definition) is 1. The van der Waals surface area contributed by atoms with Crippen LogP contribution in [0.3, 0.4) is 0 Å². The Bertz CT molecular complexity index is 280. The first kappa shape index (κ1) is 11.7. The molecule has 90 valence electrons. The summed E-state index contributed by atoms with van der Waals surface area (Å²) in [5, 5.41) is 3.31. The van der Waals surface area contributed by atoms with Crippen LogP contribution >= 0.6 is 0 Å². The van der Waals surface area contributed by atoms with Gasteiger partial charge in [-0.2, -0.15) is 0 Å². The van der Waals surface area contributed by atoms with Crippen molar-refractivity contribution in [2.75, 3.05) is 26.3 Å². The number of hydrogen-bond acceptors (Lipinski definition) is 4. The third kappa shape index (κ3) is 2.68. The van der Waals surface area contributed by atoms with Gasteiger partial charge in [-0.25, -0.2) is 0 Å². The second kappa shape index (κ2) is 5.06. The molecule has 4 nitrogen and oxygen atoms in total. The molecule has 3 rings (SSSR count). The molecule has 0 amide bonds. The molecule has 0 spiro atoms. The highest BCUT2D eigenvalue weighted by Crippen LogP contribution is 2.25. The highest BCUT2D eigenvalue weighted by atomic mass is 16.5. The van der Waals surface area contributed by atoms with Gasteiger partial charge >= 0.3 is 0 Å². The SMILES string of the molecule is CC(=O)CC1CC2CNCC(COC2)C1=O. The molecule has 1 N–H and O–H groups in total. The van der Waals surface area contributed by atoms with E-state index >= 15 is 0 Å². The molecule has 3 heterocycles. The van der Waals surface area contributed by atoms with Crippen LogP contribution in [0.1, 0.15) is 19.8 Å². The molecule has 4 heteroatoms. The van der Waals surface area contributed by atoms with Gasteiger partial charge in [0.15, 0.2) is 0 Å². The van der Waals surface area contributed by atoms with Gasteiger partial charge in [0, 0.05) is 25.4 Å². The second-order valence-corrected chi connectivity index (χ2v) is 5.00. The van der Waals surface area contributed by atoms with Gasteiger partial charge in [-0.05, 0) is 19.3 Å². The van der Waals surface area contributed by atoms with Crippen molar-refractivity contribution < 1.29 is 14.3 Å². The fraction of sp³-hybridized carbons (Fsp3) is 0.833. The molecule has 0 aromatic rings. The summed E-state index contributed by atoms with van der Waals surface area (Å²) in [6.45, 7) is 4.39. The largest absolute Gasteiger partial charge is 0.380 e. The van der Waals surface area contributed by atoms with Crippen LogP contribution in [0.15, 0.2) is 0 Å². The number of ketones is 2. The molecule has 3 fully saturated rings. The predicted molar refractivity (Wildman–Crippen MR) is 59.1 cm³/mol. The zero-order valence-electron chi connectivity index (χ0n) is 9.70. The van der Waals surface area contributed by atoms with Crippen LogP contribution in [0.5, 0.6) is 0 Å². The molecule has 3 atom stereocenters. The Morgan fingerprint density at radius 2 is 2.25 bits per heavy atom. The third-order valence-corrected chi connectivity index (χ3v) is 3.45. The minimum atomic E-state index is -0.0708. The van der Waals surface area contributed by atoms with E-state index in [0.717, 1.165) is 13.0 Å². The number of nitrogens with one attached hydrogen (secondary N) is 1. The number of fused-ring (bicyclic) bond motifs is 6. The minimum absolute atomic E-state index is 0.0643. The smallest absolute Gasteiger partial charge is 0.143 e. The summed E-state index contributed by atoms with van der Waals surface area (Å²) in [6, 6.07) is 0. The number of Topliss-reactive ketones (excluding diaryl/α,β-unsaturated/α-hetero) is 2. The summed E-state index contributed by atoms with van der Waals surface area (Å²) in [7, 11) is 0. The highest BCUT2D eigenvalue weighted by Gasteiger charge is 2.34. The topological polar surface area (TPSA) is 55.4 Å². The van der Waals surface area contributed by atoms with Crippen molar-refractivity contribution in [3.8, 4) is 0 Å². The average Bonchev–Trinajstić information content (AvgIpc) is 2.16. The third-order valence-electron chi connectivity index (χ3n) is 3.45. The number of ether oxygens (including phenoxy) is 1. The first-order valence-electron chi connectivity index (χ1n) is 5.98. The van der Waals surface area contributed by atoms with Gasteiger partial charge in [-0.1, -0.05) is 0 Å². The van der Waals surface area contributed by atoms with Crippen molar-refractivity contribution in [3.05, 3.63) is 0 Å². The summed E-state index contributed by atoms with van der Waals surface area (Å²) in [4.78, 5) is 23.3. The Labute approximate surface area is 95.7 Å². The second-order valence-electron chi connectivity index (χ2n) is 5.00. The fourth-order valence-corrected chi connectivity index (χ4v) is 2.67. The molecule has 3 aliphatic heterocycles. The van der Waals surface area contributed by atoms with Gasteiger partial charge in [0.1, 0.15) is 11.6 Å². The van der Waals surface area contributed by atoms with Crippen molar-refractivity contribution in [1.82, 2.24) is 5.32 Å². The number of carbonyl (C=O) groups excluding carboxylic acids is 2. The van der Waals surface area contributed by atoms with E-state index in [4.69, 9.17) is 4.74 Å². The molecule has 2 bridgehead atoms. The van der Waals surface area contributed by atoms with Crippen LogP contribution < -0.4 is 5.32 Å². The lowest BCUT2D eigenvalue weighted by atomic mass is 9.80. The average molecular weight is 225 g/mol. The quantitative estimate of drug-likeness (QED) is 0.739. The Morgan fingerprint density at radius 1 is 1.44 bits per heavy atom. The van der Waals surface area contributed by atoms with E-state index in [9.17, 15) is 9.59 Å². The molecule has 0 aliphatic carbocycles. The van der Waals surface area contributed by atoms with Crippen LogP contribution in [0.25, 0.3) is 0 Å². The van der Waals surface area contributed by atoms with E-state index in [-0.39, 0.29) is 23.4 Å². The lowest BCUT2D eigenvalue weighted by Crippen LogP contribution is -2.45. The summed E-state index contributed by atoms with van der Waals surface area (Å²) < 4.78 is 5.52. The minimum Gasteiger partial charge on any atom is -0.380 e. The monoisotopic (exact) mass is 225 g/mol. The van der Waals surface area contributed by atoms with Gasteiger partial charge in [0.2, 0.25) is 0 Å². The standard InChI is InChI=1S/C12H19NO3/c1-8(14)2-10-3-9-4-13-5-11(12(10)15)7-16-6-9/h9-11,13H,2-7H2,1H3. The maximum atomic E-state index is 12.2. The van der Waals surface area contributed by atoms with Crippen LogP contribution in [-0.4, -0.2) is 37.9 Å². The molecule has 3 unspecified atom stereocenters. The van der Waals surface area contributed by atoms with Gasteiger partial charge < -0.3 is 14.8 Å². The maximum absolute atomic E-state index is 12.2. The lowest BCUT2D eigenvalue weighted by Gasteiger charge is -2.33. The van der Waals surface area contributed by atoms with Crippen molar-refractivity contribution in [3.63, 3.8) is 0 Å². The van der Waals surface area contributed by atoms with Gasteiger partial charge in [0.25, 0.3) is 0 Å². The summed E-state index contributed by atoms with van der Waals surface area (Å²) in [6.07, 6.45) is 1.20. The van der Waals surface area contributed by atoms with Crippen LogP contribution in [-0.2, 0) is 14.3 Å². The summed E-state index contributed by atoms with van der Waals surface area (Å²) >= 11 is 0. The van der Waals surface area contributed by atoms with Crippen molar-refractivity contribution >= 4 is 11.6 Å². The molecule has 16 heavy (non-hydrogen) atoms. The van der Waals surface area contributed by atoms with Crippen molar-refractivity contribution in [1.29, 1.82) is 0 Å². The maximum Gasteiger partial charge on any atom is 0.143 e. The van der Waals surface area contributed by atoms with E-state index in [0.29, 0.717) is 32.1 Å². The Morgan fingerprint density at radius 3 is 3.00 bits per heavy atom. The first-order chi connectivity index (χ1) is 7.66. The molecule has 3 aliphatic rings.